The molecule has 0 fully saturated rings. The van der Waals surface area contributed by atoms with E-state index in [0.29, 0.717) is 30.8 Å². The van der Waals surface area contributed by atoms with E-state index >= 15 is 0 Å². The van der Waals surface area contributed by atoms with E-state index in [9.17, 15) is 9.59 Å². The highest BCUT2D eigenvalue weighted by molar-refractivity contribution is 8.00. The molecule has 4 aromatic heterocycles. The largest absolute Gasteiger partial charge is 0.296 e. The zero-order chi connectivity index (χ0) is 19.7. The molecule has 4 heterocycles. The average Bonchev–Trinajstić information content (AvgIpc) is 3.40. The third kappa shape index (κ3) is 4.14. The smallest absolute Gasteiger partial charge is 0.275 e. The van der Waals surface area contributed by atoms with E-state index in [1.807, 2.05) is 25.3 Å². The highest BCUT2D eigenvalue weighted by atomic mass is 32.2. The fraction of sp³-hybridized carbons (Fsp3) is 0.250. The van der Waals surface area contributed by atoms with Gasteiger partial charge in [0.2, 0.25) is 10.1 Å². The molecule has 1 N–H and O–H groups in total. The van der Waals surface area contributed by atoms with Crippen LogP contribution in [-0.4, -0.2) is 30.7 Å². The maximum atomic E-state index is 12.3. The van der Waals surface area contributed by atoms with E-state index in [1.165, 1.54) is 56.4 Å². The Morgan fingerprint density at radius 3 is 2.93 bits per heavy atom. The summed E-state index contributed by atoms with van der Waals surface area (Å²) < 4.78 is 2.03. The van der Waals surface area contributed by atoms with Crippen molar-refractivity contribution in [2.24, 2.45) is 0 Å². The van der Waals surface area contributed by atoms with Crippen LogP contribution in [0.4, 0.5) is 5.13 Å². The minimum atomic E-state index is -0.200. The number of anilines is 1. The van der Waals surface area contributed by atoms with Gasteiger partial charge in [0.1, 0.15) is 5.01 Å². The van der Waals surface area contributed by atoms with Crippen molar-refractivity contribution in [2.75, 3.05) is 5.32 Å². The predicted molar refractivity (Wildman–Crippen MR) is 113 cm³/mol. The fourth-order valence-electron chi connectivity index (χ4n) is 2.20. The van der Waals surface area contributed by atoms with Crippen LogP contribution >= 0.6 is 45.8 Å². The van der Waals surface area contributed by atoms with Crippen LogP contribution in [0.3, 0.4) is 0 Å². The van der Waals surface area contributed by atoms with Crippen molar-refractivity contribution < 1.29 is 4.79 Å². The van der Waals surface area contributed by atoms with E-state index in [0.717, 1.165) is 5.01 Å². The number of nitrogens with one attached hydrogen (secondary N) is 1. The number of amides is 1. The van der Waals surface area contributed by atoms with E-state index in [-0.39, 0.29) is 17.4 Å². The molecule has 0 unspecified atom stereocenters. The van der Waals surface area contributed by atoms with Crippen molar-refractivity contribution in [2.45, 2.75) is 29.9 Å². The third-order valence-corrected chi connectivity index (χ3v) is 7.61. The Hall–Kier alpha value is -2.15. The van der Waals surface area contributed by atoms with Gasteiger partial charge in [0.15, 0.2) is 4.34 Å². The Balaban J connectivity index is 1.44. The molecule has 4 aromatic rings. The summed E-state index contributed by atoms with van der Waals surface area (Å²) in [6.07, 6.45) is 0. The van der Waals surface area contributed by atoms with Gasteiger partial charge >= 0.3 is 0 Å². The second-order valence-corrected chi connectivity index (χ2v) is 10.1. The number of carbonyl (C=O) groups is 1. The van der Waals surface area contributed by atoms with Crippen LogP contribution in [0.2, 0.25) is 0 Å². The molecule has 4 rings (SSSR count). The summed E-state index contributed by atoms with van der Waals surface area (Å²) >= 11 is 5.50. The molecule has 28 heavy (non-hydrogen) atoms. The normalized spacial score (nSPS) is 11.4. The van der Waals surface area contributed by atoms with E-state index in [2.05, 4.69) is 25.6 Å². The number of fused-ring (bicyclic) bond motifs is 1. The lowest BCUT2D eigenvalue weighted by Crippen LogP contribution is -2.15. The van der Waals surface area contributed by atoms with Crippen LogP contribution in [-0.2, 0) is 5.75 Å². The first kappa shape index (κ1) is 19.2. The van der Waals surface area contributed by atoms with Gasteiger partial charge in [-0.25, -0.2) is 4.98 Å². The van der Waals surface area contributed by atoms with Crippen molar-refractivity contribution >= 4 is 61.8 Å². The highest BCUT2D eigenvalue weighted by Crippen LogP contribution is 2.28. The molecule has 1 amide bonds. The highest BCUT2D eigenvalue weighted by Gasteiger charge is 2.14. The Kier molecular flexibility index (Phi) is 5.53. The standard InChI is InChI=1S/C16H14N6O2S4/c1-8(2)13-21-22-11(23)6-9(17-15(22)27-13)7-26-16-20-19-14(28-16)18-12(24)10-4-3-5-25-10/h3-6,8H,7H2,1-2H3,(H,18,19,24). The zero-order valence-corrected chi connectivity index (χ0v) is 18.0. The predicted octanol–water partition coefficient (Wildman–Crippen LogP) is 3.73. The van der Waals surface area contributed by atoms with Gasteiger partial charge in [-0.2, -0.15) is 9.61 Å². The maximum Gasteiger partial charge on any atom is 0.275 e. The third-order valence-electron chi connectivity index (χ3n) is 3.52. The molecule has 0 radical (unpaired) electrons. The minimum absolute atomic E-state index is 0.190. The first-order chi connectivity index (χ1) is 13.5. The number of hydrogen-bond donors (Lipinski definition) is 1. The zero-order valence-electron chi connectivity index (χ0n) is 14.8. The summed E-state index contributed by atoms with van der Waals surface area (Å²) in [5, 5.41) is 18.3. The number of thiophene rings is 1. The minimum Gasteiger partial charge on any atom is -0.296 e. The van der Waals surface area contributed by atoms with Gasteiger partial charge in [0.25, 0.3) is 11.5 Å². The molecule has 0 saturated heterocycles. The Morgan fingerprint density at radius 1 is 1.32 bits per heavy atom. The maximum absolute atomic E-state index is 12.3. The van der Waals surface area contributed by atoms with Crippen molar-refractivity contribution in [3.05, 3.63) is 49.5 Å². The Labute approximate surface area is 175 Å². The SMILES string of the molecule is CC(C)c1nn2c(=O)cc(CSc3nnc(NC(=O)c4cccs4)s3)nc2s1. The molecule has 0 bridgehead atoms. The average molecular weight is 451 g/mol. The van der Waals surface area contributed by atoms with Crippen molar-refractivity contribution in [3.63, 3.8) is 0 Å². The van der Waals surface area contributed by atoms with Crippen LogP contribution in [0.1, 0.15) is 40.1 Å². The summed E-state index contributed by atoms with van der Waals surface area (Å²) in [6.45, 7) is 4.06. The number of carbonyl (C=O) groups excluding carboxylic acids is 1. The van der Waals surface area contributed by atoms with E-state index in [4.69, 9.17) is 0 Å². The second-order valence-electron chi connectivity index (χ2n) is 5.97. The second kappa shape index (κ2) is 8.07. The number of nitrogens with zero attached hydrogens (tertiary/aromatic N) is 5. The summed E-state index contributed by atoms with van der Waals surface area (Å²) in [6, 6.07) is 5.06. The van der Waals surface area contributed by atoms with Gasteiger partial charge in [-0.05, 0) is 11.4 Å². The summed E-state index contributed by atoms with van der Waals surface area (Å²) in [5.41, 5.74) is 0.471. The quantitative estimate of drug-likeness (QED) is 0.353. The van der Waals surface area contributed by atoms with Crippen LogP contribution in [0.15, 0.2) is 32.7 Å². The molecular weight excluding hydrogens is 436 g/mol. The number of hydrogen-bond acceptors (Lipinski definition) is 10. The van der Waals surface area contributed by atoms with Gasteiger partial charge in [0, 0.05) is 17.7 Å². The molecule has 8 nitrogen and oxygen atoms in total. The van der Waals surface area contributed by atoms with Crippen LogP contribution in [0.25, 0.3) is 4.96 Å². The van der Waals surface area contributed by atoms with Gasteiger partial charge < -0.3 is 0 Å². The lowest BCUT2D eigenvalue weighted by atomic mass is 10.2. The summed E-state index contributed by atoms with van der Waals surface area (Å²) in [7, 11) is 0. The van der Waals surface area contributed by atoms with Gasteiger partial charge in [-0.15, -0.1) is 21.5 Å². The first-order valence-electron chi connectivity index (χ1n) is 8.20. The summed E-state index contributed by atoms with van der Waals surface area (Å²) in [4.78, 5) is 30.1. The topological polar surface area (TPSA) is 102 Å². The monoisotopic (exact) mass is 450 g/mol. The Bertz CT molecular complexity index is 1180. The summed E-state index contributed by atoms with van der Waals surface area (Å²) in [5.74, 6) is 0.524. The molecule has 0 aliphatic rings. The van der Waals surface area contributed by atoms with Crippen molar-refractivity contribution in [1.29, 1.82) is 0 Å². The van der Waals surface area contributed by atoms with Crippen LogP contribution < -0.4 is 10.9 Å². The first-order valence-corrected chi connectivity index (χ1v) is 11.7. The molecule has 0 spiro atoms. The molecule has 0 aliphatic heterocycles. The molecule has 12 heteroatoms. The van der Waals surface area contributed by atoms with Crippen LogP contribution in [0.5, 0.6) is 0 Å². The van der Waals surface area contributed by atoms with E-state index in [1.54, 1.807) is 6.07 Å². The molecule has 0 aromatic carbocycles. The van der Waals surface area contributed by atoms with Crippen molar-refractivity contribution in [3.8, 4) is 0 Å². The van der Waals surface area contributed by atoms with Crippen molar-refractivity contribution in [1.82, 2.24) is 24.8 Å². The molecule has 144 valence electrons. The van der Waals surface area contributed by atoms with Gasteiger partial charge in [-0.3, -0.25) is 14.9 Å². The molecule has 0 atom stereocenters. The van der Waals surface area contributed by atoms with Gasteiger partial charge in [-0.1, -0.05) is 54.3 Å². The van der Waals surface area contributed by atoms with Crippen LogP contribution in [0, 0.1) is 0 Å². The number of thioether (sulfide) groups is 1. The Morgan fingerprint density at radius 2 is 2.18 bits per heavy atom. The van der Waals surface area contributed by atoms with Gasteiger partial charge in [0.05, 0.1) is 10.6 Å². The molecular formula is C16H14N6O2S4. The lowest BCUT2D eigenvalue weighted by molar-refractivity contribution is 0.103. The molecule has 0 aliphatic carbocycles. The van der Waals surface area contributed by atoms with E-state index < -0.39 is 0 Å². The molecule has 0 saturated carbocycles. The lowest BCUT2D eigenvalue weighted by Gasteiger charge is -1.98. The number of rotatable bonds is 6. The number of aromatic nitrogens is 5. The fourth-order valence-corrected chi connectivity index (χ4v) is 5.38.